The Hall–Kier alpha value is -2.93. The van der Waals surface area contributed by atoms with Gasteiger partial charge in [-0.25, -0.2) is 15.8 Å². The van der Waals surface area contributed by atoms with E-state index in [4.69, 9.17) is 17.3 Å². The number of hydrogen-bond acceptors (Lipinski definition) is 7. The van der Waals surface area contributed by atoms with Crippen molar-refractivity contribution < 1.29 is 0 Å². The maximum absolute atomic E-state index is 5.62. The molecule has 0 atom stereocenters. The lowest BCUT2D eigenvalue weighted by Gasteiger charge is -2.08. The summed E-state index contributed by atoms with van der Waals surface area (Å²) >= 11 is 0. The number of pyridine rings is 1. The van der Waals surface area contributed by atoms with Gasteiger partial charge in [-0.15, -0.1) is 0 Å². The van der Waals surface area contributed by atoms with Gasteiger partial charge in [-0.3, -0.25) is 0 Å². The second-order valence-electron chi connectivity index (χ2n) is 4.28. The Balaban J connectivity index is 2.19. The highest BCUT2D eigenvalue weighted by Gasteiger charge is 2.07. The van der Waals surface area contributed by atoms with E-state index in [1.54, 1.807) is 12.3 Å². The Morgan fingerprint density at radius 2 is 1.75 bits per heavy atom. The summed E-state index contributed by atoms with van der Waals surface area (Å²) in [5.74, 6) is 6.61. The second kappa shape index (κ2) is 4.63. The molecule has 0 amide bonds. The number of hydrogen-bond donors (Lipinski definition) is 4. The minimum Gasteiger partial charge on any atom is -0.384 e. The third-order valence-corrected chi connectivity index (χ3v) is 2.97. The van der Waals surface area contributed by atoms with E-state index in [0.717, 1.165) is 22.0 Å². The third-order valence-electron chi connectivity index (χ3n) is 2.97. The van der Waals surface area contributed by atoms with Crippen molar-refractivity contribution in [2.75, 3.05) is 16.9 Å². The number of nitrogen functional groups attached to an aromatic ring is 3. The number of nitrogens with two attached hydrogens (primary N) is 3. The first kappa shape index (κ1) is 12.1. The third kappa shape index (κ3) is 2.06. The molecule has 7 heteroatoms. The summed E-state index contributed by atoms with van der Waals surface area (Å²) in [6, 6.07) is 9.37. The van der Waals surface area contributed by atoms with Crippen molar-refractivity contribution in [3.63, 3.8) is 0 Å². The quantitative estimate of drug-likeness (QED) is 0.404. The molecular formula is C13H13N7. The number of nitrogens with zero attached hydrogens (tertiary/aromatic N) is 3. The second-order valence-corrected chi connectivity index (χ2v) is 4.28. The maximum atomic E-state index is 5.62. The van der Waals surface area contributed by atoms with E-state index in [1.165, 1.54) is 0 Å². The van der Waals surface area contributed by atoms with Crippen molar-refractivity contribution in [3.05, 3.63) is 36.5 Å². The van der Waals surface area contributed by atoms with Crippen LogP contribution in [0.5, 0.6) is 0 Å². The number of fused-ring (bicyclic) bond motifs is 1. The van der Waals surface area contributed by atoms with E-state index in [2.05, 4.69) is 20.4 Å². The molecule has 20 heavy (non-hydrogen) atoms. The Kier molecular flexibility index (Phi) is 2.81. The summed E-state index contributed by atoms with van der Waals surface area (Å²) in [6.45, 7) is 0. The average molecular weight is 267 g/mol. The largest absolute Gasteiger partial charge is 0.384 e. The van der Waals surface area contributed by atoms with Crippen molar-refractivity contribution in [1.29, 1.82) is 0 Å². The van der Waals surface area contributed by atoms with E-state index in [-0.39, 0.29) is 5.95 Å². The summed E-state index contributed by atoms with van der Waals surface area (Å²) < 4.78 is 0. The van der Waals surface area contributed by atoms with Crippen LogP contribution >= 0.6 is 0 Å². The highest BCUT2D eigenvalue weighted by Crippen LogP contribution is 2.27. The molecule has 1 aromatic carbocycles. The number of rotatable bonds is 2. The molecule has 7 N–H and O–H groups in total. The van der Waals surface area contributed by atoms with Crippen molar-refractivity contribution >= 4 is 28.5 Å². The summed E-state index contributed by atoms with van der Waals surface area (Å²) in [6.07, 6.45) is 1.71. The van der Waals surface area contributed by atoms with Crippen LogP contribution in [0.25, 0.3) is 22.0 Å². The van der Waals surface area contributed by atoms with Crippen molar-refractivity contribution in [2.24, 2.45) is 5.84 Å². The standard InChI is InChI=1S/C13H13N7/c14-11-4-2-8(6-17-11)7-1-3-10-9(5-7)12(20-16)19-13(15)18-10/h1-6H,16H2,(H2,14,17)(H3,15,18,19,20). The smallest absolute Gasteiger partial charge is 0.222 e. The first-order valence-electron chi connectivity index (χ1n) is 5.93. The topological polar surface area (TPSA) is 129 Å². The average Bonchev–Trinajstić information content (AvgIpc) is 2.46. The summed E-state index contributed by atoms with van der Waals surface area (Å²) in [5.41, 5.74) is 16.4. The number of aromatic nitrogens is 3. The fourth-order valence-corrected chi connectivity index (χ4v) is 2.01. The number of anilines is 3. The van der Waals surface area contributed by atoms with Crippen LogP contribution in [0.1, 0.15) is 0 Å². The molecule has 0 radical (unpaired) electrons. The zero-order valence-corrected chi connectivity index (χ0v) is 10.5. The summed E-state index contributed by atoms with van der Waals surface area (Å²) in [7, 11) is 0. The van der Waals surface area contributed by atoms with Crippen LogP contribution in [0, 0.1) is 0 Å². The van der Waals surface area contributed by atoms with Crippen LogP contribution in [0.2, 0.25) is 0 Å². The molecule has 2 aromatic heterocycles. The number of benzene rings is 1. The molecule has 2 heterocycles. The zero-order valence-electron chi connectivity index (χ0n) is 10.5. The molecule has 0 saturated heterocycles. The molecule has 0 fully saturated rings. The van der Waals surface area contributed by atoms with E-state index in [0.29, 0.717) is 11.6 Å². The maximum Gasteiger partial charge on any atom is 0.222 e. The number of hydrazine groups is 1. The van der Waals surface area contributed by atoms with Gasteiger partial charge >= 0.3 is 0 Å². The van der Waals surface area contributed by atoms with E-state index in [9.17, 15) is 0 Å². The number of nitrogens with one attached hydrogen (secondary N) is 1. The molecule has 0 aliphatic carbocycles. The van der Waals surface area contributed by atoms with Gasteiger partial charge in [0.25, 0.3) is 0 Å². The normalized spacial score (nSPS) is 10.7. The molecule has 0 bridgehead atoms. The molecular weight excluding hydrogens is 254 g/mol. The molecule has 100 valence electrons. The lowest BCUT2D eigenvalue weighted by molar-refractivity contribution is 1.19. The van der Waals surface area contributed by atoms with Crippen LogP contribution in [0.4, 0.5) is 17.6 Å². The Morgan fingerprint density at radius 3 is 2.45 bits per heavy atom. The lowest BCUT2D eigenvalue weighted by atomic mass is 10.1. The SMILES string of the molecule is NNc1nc(N)nc2ccc(-c3ccc(N)nc3)cc12. The van der Waals surface area contributed by atoms with E-state index in [1.807, 2.05) is 24.3 Å². The highest BCUT2D eigenvalue weighted by atomic mass is 15.3. The van der Waals surface area contributed by atoms with Crippen LogP contribution in [-0.4, -0.2) is 15.0 Å². The first-order chi connectivity index (χ1) is 9.67. The van der Waals surface area contributed by atoms with Crippen LogP contribution in [-0.2, 0) is 0 Å². The fourth-order valence-electron chi connectivity index (χ4n) is 2.01. The Bertz CT molecular complexity index is 768. The molecule has 7 nitrogen and oxygen atoms in total. The van der Waals surface area contributed by atoms with Gasteiger partial charge in [-0.05, 0) is 29.8 Å². The van der Waals surface area contributed by atoms with Gasteiger partial charge in [0.05, 0.1) is 5.52 Å². The van der Waals surface area contributed by atoms with Crippen molar-refractivity contribution in [3.8, 4) is 11.1 Å². The fraction of sp³-hybridized carbons (Fsp3) is 0. The van der Waals surface area contributed by atoms with Crippen molar-refractivity contribution in [2.45, 2.75) is 0 Å². The molecule has 0 aliphatic rings. The first-order valence-corrected chi connectivity index (χ1v) is 5.93. The van der Waals surface area contributed by atoms with Gasteiger partial charge in [0.2, 0.25) is 5.95 Å². The Labute approximate surface area is 114 Å². The predicted molar refractivity (Wildman–Crippen MR) is 79.4 cm³/mol. The molecule has 0 aliphatic heterocycles. The Morgan fingerprint density at radius 1 is 0.950 bits per heavy atom. The molecule has 0 unspecified atom stereocenters. The minimum absolute atomic E-state index is 0.173. The highest BCUT2D eigenvalue weighted by molar-refractivity contribution is 5.93. The molecule has 0 saturated carbocycles. The van der Waals surface area contributed by atoms with Gasteiger partial charge in [0.1, 0.15) is 5.82 Å². The van der Waals surface area contributed by atoms with Gasteiger partial charge in [-0.2, -0.15) is 4.98 Å². The summed E-state index contributed by atoms with van der Waals surface area (Å²) in [4.78, 5) is 12.3. The summed E-state index contributed by atoms with van der Waals surface area (Å²) in [5, 5.41) is 0.788. The lowest BCUT2D eigenvalue weighted by Crippen LogP contribution is -2.11. The van der Waals surface area contributed by atoms with Gasteiger partial charge in [0, 0.05) is 17.1 Å². The van der Waals surface area contributed by atoms with Crippen LogP contribution < -0.4 is 22.7 Å². The molecule has 3 aromatic rings. The van der Waals surface area contributed by atoms with Gasteiger partial charge in [0.15, 0.2) is 5.82 Å². The zero-order chi connectivity index (χ0) is 14.1. The van der Waals surface area contributed by atoms with E-state index < -0.39 is 0 Å². The molecule has 3 rings (SSSR count). The van der Waals surface area contributed by atoms with Gasteiger partial charge in [-0.1, -0.05) is 6.07 Å². The van der Waals surface area contributed by atoms with Crippen molar-refractivity contribution in [1.82, 2.24) is 15.0 Å². The monoisotopic (exact) mass is 267 g/mol. The predicted octanol–water partition coefficient (Wildman–Crippen LogP) is 1.14. The molecule has 0 spiro atoms. The van der Waals surface area contributed by atoms with E-state index >= 15 is 0 Å². The minimum atomic E-state index is 0.173. The van der Waals surface area contributed by atoms with Gasteiger partial charge < -0.3 is 16.9 Å². The van der Waals surface area contributed by atoms with Crippen LogP contribution in [0.3, 0.4) is 0 Å². The van der Waals surface area contributed by atoms with Crippen LogP contribution in [0.15, 0.2) is 36.5 Å².